The number of likely N-dealkylation sites (tertiary alicyclic amines) is 1. The van der Waals surface area contributed by atoms with E-state index in [2.05, 4.69) is 0 Å². The largest absolute Gasteiger partial charge is 0.460 e. The summed E-state index contributed by atoms with van der Waals surface area (Å²) < 4.78 is 10.8. The van der Waals surface area contributed by atoms with Crippen LogP contribution in [0.3, 0.4) is 0 Å². The van der Waals surface area contributed by atoms with Gasteiger partial charge in [0.25, 0.3) is 0 Å². The number of rotatable bonds is 3. The topological polar surface area (TPSA) is 55.8 Å². The molecule has 1 saturated heterocycles. The maximum Gasteiger partial charge on any atom is 0.410 e. The molecule has 1 saturated carbocycles. The number of carbonyl (C=O) groups is 2. The fraction of sp³-hybridized carbons (Fsp3) is 0.556. The maximum atomic E-state index is 12.4. The van der Waals surface area contributed by atoms with Crippen LogP contribution in [0.4, 0.5) is 4.79 Å². The first-order chi connectivity index (χ1) is 10.8. The van der Waals surface area contributed by atoms with Crippen LogP contribution >= 0.6 is 0 Å². The fourth-order valence-electron chi connectivity index (χ4n) is 3.13. The molecule has 2 aliphatic rings. The monoisotopic (exact) mass is 317 g/mol. The molecule has 0 spiro atoms. The van der Waals surface area contributed by atoms with Crippen LogP contribution in [0, 0.1) is 11.3 Å². The Morgan fingerprint density at radius 2 is 1.96 bits per heavy atom. The Bertz CT molecular complexity index is 607. The highest BCUT2D eigenvalue weighted by Crippen LogP contribution is 2.58. The molecule has 5 heteroatoms. The average Bonchev–Trinajstić information content (AvgIpc) is 3.06. The zero-order chi connectivity index (χ0) is 16.7. The van der Waals surface area contributed by atoms with Crippen LogP contribution in [0.2, 0.25) is 0 Å². The third kappa shape index (κ3) is 3.33. The first-order valence-electron chi connectivity index (χ1n) is 7.99. The number of benzene rings is 1. The quantitative estimate of drug-likeness (QED) is 0.804. The van der Waals surface area contributed by atoms with E-state index in [9.17, 15) is 9.59 Å². The number of hydrogen-bond acceptors (Lipinski definition) is 4. The summed E-state index contributed by atoms with van der Waals surface area (Å²) in [7, 11) is 0. The number of nitrogens with zero attached hydrogens (tertiary/aromatic N) is 1. The van der Waals surface area contributed by atoms with Gasteiger partial charge in [0.15, 0.2) is 0 Å². The van der Waals surface area contributed by atoms with E-state index in [1.807, 2.05) is 51.1 Å². The Morgan fingerprint density at radius 3 is 2.61 bits per heavy atom. The number of piperidine rings is 1. The fourth-order valence-corrected chi connectivity index (χ4v) is 3.13. The molecule has 1 amide bonds. The summed E-state index contributed by atoms with van der Waals surface area (Å²) in [5.41, 5.74) is -0.0623. The van der Waals surface area contributed by atoms with E-state index >= 15 is 0 Å². The average molecular weight is 317 g/mol. The molecular weight excluding hydrogens is 294 g/mol. The van der Waals surface area contributed by atoms with Crippen molar-refractivity contribution < 1.29 is 19.1 Å². The molecule has 1 aliphatic carbocycles. The van der Waals surface area contributed by atoms with Gasteiger partial charge in [-0.05, 0) is 38.7 Å². The first kappa shape index (κ1) is 15.8. The molecule has 1 aliphatic heterocycles. The van der Waals surface area contributed by atoms with Crippen molar-refractivity contribution in [3.05, 3.63) is 35.9 Å². The Hall–Kier alpha value is -2.04. The minimum atomic E-state index is -0.523. The highest BCUT2D eigenvalue weighted by Gasteiger charge is 2.67. The summed E-state index contributed by atoms with van der Waals surface area (Å²) in [6, 6.07) is 9.62. The lowest BCUT2D eigenvalue weighted by Gasteiger charge is -2.26. The van der Waals surface area contributed by atoms with Gasteiger partial charge in [-0.1, -0.05) is 30.3 Å². The maximum absolute atomic E-state index is 12.4. The van der Waals surface area contributed by atoms with Crippen molar-refractivity contribution >= 4 is 12.1 Å². The minimum absolute atomic E-state index is 0.197. The van der Waals surface area contributed by atoms with Crippen LogP contribution < -0.4 is 0 Å². The summed E-state index contributed by atoms with van der Waals surface area (Å²) in [6.45, 7) is 6.78. The van der Waals surface area contributed by atoms with Crippen LogP contribution in [0.5, 0.6) is 0 Å². The van der Waals surface area contributed by atoms with Gasteiger partial charge in [0.05, 0.1) is 5.41 Å². The van der Waals surface area contributed by atoms with Crippen molar-refractivity contribution in [2.45, 2.75) is 39.4 Å². The number of ether oxygens (including phenoxy) is 2. The molecule has 2 fully saturated rings. The number of fused-ring (bicyclic) bond motifs is 1. The summed E-state index contributed by atoms with van der Waals surface area (Å²) in [5.74, 6) is 0.00991. The van der Waals surface area contributed by atoms with Crippen LogP contribution in [0.25, 0.3) is 0 Å². The van der Waals surface area contributed by atoms with Gasteiger partial charge in [-0.25, -0.2) is 4.79 Å². The lowest BCUT2D eigenvalue weighted by molar-refractivity contribution is -0.151. The zero-order valence-corrected chi connectivity index (χ0v) is 13.9. The van der Waals surface area contributed by atoms with Gasteiger partial charge >= 0.3 is 12.1 Å². The van der Waals surface area contributed by atoms with E-state index in [1.54, 1.807) is 4.90 Å². The summed E-state index contributed by atoms with van der Waals surface area (Å²) >= 11 is 0. The predicted molar refractivity (Wildman–Crippen MR) is 84.6 cm³/mol. The van der Waals surface area contributed by atoms with Crippen LogP contribution in [0.15, 0.2) is 30.3 Å². The lowest BCUT2D eigenvalue weighted by Crippen LogP contribution is -2.38. The van der Waals surface area contributed by atoms with Crippen LogP contribution in [-0.2, 0) is 20.9 Å². The highest BCUT2D eigenvalue weighted by atomic mass is 16.6. The van der Waals surface area contributed by atoms with Gasteiger partial charge in [0.2, 0.25) is 0 Å². The Labute approximate surface area is 136 Å². The normalized spacial score (nSPS) is 25.7. The lowest BCUT2D eigenvalue weighted by atomic mass is 10.1. The van der Waals surface area contributed by atoms with Crippen molar-refractivity contribution in [1.82, 2.24) is 4.90 Å². The number of esters is 1. The molecule has 2 atom stereocenters. The third-order valence-electron chi connectivity index (χ3n) is 4.42. The molecular formula is C18H23NO4. The Balaban J connectivity index is 1.55. The molecule has 1 aromatic rings. The second-order valence-electron chi connectivity index (χ2n) is 7.48. The van der Waals surface area contributed by atoms with Gasteiger partial charge in [0, 0.05) is 13.1 Å². The number of carbonyl (C=O) groups excluding carboxylic acids is 2. The SMILES string of the molecule is CC(C)(C)OC(=O)N1C[C@H]2C[C@@]2(C(=O)OCc2ccccc2)C1. The molecule has 0 bridgehead atoms. The van der Waals surface area contributed by atoms with Gasteiger partial charge in [-0.3, -0.25) is 4.79 Å². The third-order valence-corrected chi connectivity index (χ3v) is 4.42. The first-order valence-corrected chi connectivity index (χ1v) is 7.99. The molecule has 0 radical (unpaired) electrons. The van der Waals surface area contributed by atoms with Crippen molar-refractivity contribution in [3.63, 3.8) is 0 Å². The Morgan fingerprint density at radius 1 is 1.26 bits per heavy atom. The molecule has 124 valence electrons. The van der Waals surface area contributed by atoms with E-state index in [-0.39, 0.29) is 24.6 Å². The van der Waals surface area contributed by atoms with Crippen molar-refractivity contribution in [3.8, 4) is 0 Å². The summed E-state index contributed by atoms with van der Waals surface area (Å²) in [4.78, 5) is 26.2. The smallest absolute Gasteiger partial charge is 0.410 e. The van der Waals surface area contributed by atoms with E-state index in [1.165, 1.54) is 0 Å². The van der Waals surface area contributed by atoms with Gasteiger partial charge in [-0.15, -0.1) is 0 Å². The van der Waals surface area contributed by atoms with Crippen molar-refractivity contribution in [1.29, 1.82) is 0 Å². The van der Waals surface area contributed by atoms with E-state index in [0.717, 1.165) is 12.0 Å². The van der Waals surface area contributed by atoms with Crippen molar-refractivity contribution in [2.75, 3.05) is 13.1 Å². The molecule has 1 heterocycles. The minimum Gasteiger partial charge on any atom is -0.460 e. The van der Waals surface area contributed by atoms with Crippen LogP contribution in [0.1, 0.15) is 32.8 Å². The molecule has 1 aromatic carbocycles. The molecule has 0 aromatic heterocycles. The Kier molecular flexibility index (Phi) is 3.82. The van der Waals surface area contributed by atoms with Gasteiger partial charge in [-0.2, -0.15) is 0 Å². The highest BCUT2D eigenvalue weighted by molar-refractivity contribution is 5.83. The van der Waals surface area contributed by atoms with Crippen molar-refractivity contribution in [2.24, 2.45) is 11.3 Å². The zero-order valence-electron chi connectivity index (χ0n) is 13.9. The standard InChI is InChI=1S/C18H23NO4/c1-17(2,3)23-16(21)19-10-14-9-18(14,12-19)15(20)22-11-13-7-5-4-6-8-13/h4-8,14H,9-12H2,1-3H3/t14-,18-/m1/s1. The molecule has 5 nitrogen and oxygen atoms in total. The summed E-state index contributed by atoms with van der Waals surface area (Å²) in [6.07, 6.45) is 0.458. The predicted octanol–water partition coefficient (Wildman–Crippen LogP) is 2.99. The number of amides is 1. The van der Waals surface area contributed by atoms with Gasteiger partial charge < -0.3 is 14.4 Å². The van der Waals surface area contributed by atoms with E-state index in [0.29, 0.717) is 13.1 Å². The van der Waals surface area contributed by atoms with Crippen LogP contribution in [-0.4, -0.2) is 35.7 Å². The molecule has 0 unspecified atom stereocenters. The second-order valence-corrected chi connectivity index (χ2v) is 7.48. The van der Waals surface area contributed by atoms with E-state index < -0.39 is 11.0 Å². The van der Waals surface area contributed by atoms with E-state index in [4.69, 9.17) is 9.47 Å². The number of hydrogen-bond donors (Lipinski definition) is 0. The molecule has 3 rings (SSSR count). The molecule has 23 heavy (non-hydrogen) atoms. The summed E-state index contributed by atoms with van der Waals surface area (Å²) in [5, 5.41) is 0. The van der Waals surface area contributed by atoms with Gasteiger partial charge in [0.1, 0.15) is 12.2 Å². The second kappa shape index (κ2) is 5.55. The molecule has 0 N–H and O–H groups in total.